The number of hydrogen-bond donors (Lipinski definition) is 0. The van der Waals surface area contributed by atoms with Crippen LogP contribution in [0.1, 0.15) is 4.88 Å². The summed E-state index contributed by atoms with van der Waals surface area (Å²) in [6.07, 6.45) is 1.52. The molecule has 3 aromatic rings. The zero-order valence-corrected chi connectivity index (χ0v) is 12.0. The largest absolute Gasteiger partial charge is 0.244 e. The maximum absolute atomic E-state index is 5.94. The SMILES string of the molecule is Cc1cc2c(Sc3ncnn3C)nc(Cl)nc2s1. The Hall–Kier alpha value is -1.18. The van der Waals surface area contributed by atoms with E-state index in [9.17, 15) is 0 Å². The van der Waals surface area contributed by atoms with Gasteiger partial charge in [0.15, 0.2) is 5.16 Å². The van der Waals surface area contributed by atoms with E-state index < -0.39 is 0 Å². The van der Waals surface area contributed by atoms with E-state index in [0.29, 0.717) is 0 Å². The number of aryl methyl sites for hydroxylation is 2. The molecule has 0 unspecified atom stereocenters. The Morgan fingerprint density at radius 3 is 2.94 bits per heavy atom. The predicted octanol–water partition coefficient (Wildman–Crippen LogP) is 2.93. The molecule has 0 aliphatic carbocycles. The summed E-state index contributed by atoms with van der Waals surface area (Å²) in [5, 5.41) is 6.88. The van der Waals surface area contributed by atoms with Gasteiger partial charge in [0.25, 0.3) is 0 Å². The maximum atomic E-state index is 5.94. The molecule has 5 nitrogen and oxygen atoms in total. The lowest BCUT2D eigenvalue weighted by molar-refractivity contribution is 0.685. The molecule has 0 spiro atoms. The topological polar surface area (TPSA) is 56.5 Å². The number of halogens is 1. The van der Waals surface area contributed by atoms with Crippen molar-refractivity contribution >= 4 is 44.9 Å². The third-order valence-electron chi connectivity index (χ3n) is 2.31. The zero-order chi connectivity index (χ0) is 12.7. The molecule has 0 saturated heterocycles. The summed E-state index contributed by atoms with van der Waals surface area (Å²) in [6, 6.07) is 2.06. The highest BCUT2D eigenvalue weighted by molar-refractivity contribution is 7.99. The molecule has 0 saturated carbocycles. The first-order valence-corrected chi connectivity index (χ1v) is 7.10. The summed E-state index contributed by atoms with van der Waals surface area (Å²) >= 11 is 8.99. The first-order valence-electron chi connectivity index (χ1n) is 5.09. The average Bonchev–Trinajstić information content (AvgIpc) is 2.85. The number of aromatic nitrogens is 5. The van der Waals surface area contributed by atoms with Gasteiger partial charge in [-0.1, -0.05) is 0 Å². The van der Waals surface area contributed by atoms with Crippen LogP contribution < -0.4 is 0 Å². The number of thiophene rings is 1. The van der Waals surface area contributed by atoms with Gasteiger partial charge in [-0.25, -0.2) is 19.6 Å². The van der Waals surface area contributed by atoms with E-state index in [1.807, 2.05) is 14.0 Å². The van der Waals surface area contributed by atoms with E-state index in [-0.39, 0.29) is 5.28 Å². The molecule has 3 aromatic heterocycles. The second kappa shape index (κ2) is 4.49. The van der Waals surface area contributed by atoms with Crippen molar-refractivity contribution in [1.82, 2.24) is 24.7 Å². The molecule has 0 radical (unpaired) electrons. The van der Waals surface area contributed by atoms with Crippen molar-refractivity contribution in [3.05, 3.63) is 22.6 Å². The van der Waals surface area contributed by atoms with Crippen LogP contribution in [0.25, 0.3) is 10.2 Å². The minimum Gasteiger partial charge on any atom is -0.244 e. The van der Waals surface area contributed by atoms with Gasteiger partial charge in [-0.05, 0) is 36.4 Å². The van der Waals surface area contributed by atoms with Crippen molar-refractivity contribution in [3.8, 4) is 0 Å². The lowest BCUT2D eigenvalue weighted by atomic mass is 10.4. The molecule has 0 N–H and O–H groups in total. The van der Waals surface area contributed by atoms with Crippen molar-refractivity contribution in [2.45, 2.75) is 17.1 Å². The summed E-state index contributed by atoms with van der Waals surface area (Å²) in [5.41, 5.74) is 0. The van der Waals surface area contributed by atoms with E-state index in [4.69, 9.17) is 11.6 Å². The van der Waals surface area contributed by atoms with Gasteiger partial charge in [0.2, 0.25) is 5.28 Å². The van der Waals surface area contributed by atoms with Gasteiger partial charge >= 0.3 is 0 Å². The predicted molar refractivity (Wildman–Crippen MR) is 72.3 cm³/mol. The van der Waals surface area contributed by atoms with Crippen LogP contribution in [-0.2, 0) is 7.05 Å². The molecule has 8 heteroatoms. The van der Waals surface area contributed by atoms with Gasteiger partial charge in [-0.15, -0.1) is 11.3 Å². The van der Waals surface area contributed by atoms with Crippen molar-refractivity contribution in [2.75, 3.05) is 0 Å². The fourth-order valence-corrected chi connectivity index (χ4v) is 3.60. The Morgan fingerprint density at radius 1 is 1.39 bits per heavy atom. The van der Waals surface area contributed by atoms with Crippen molar-refractivity contribution in [3.63, 3.8) is 0 Å². The molecule has 92 valence electrons. The summed E-state index contributed by atoms with van der Waals surface area (Å²) in [6.45, 7) is 2.04. The number of hydrogen-bond acceptors (Lipinski definition) is 6. The first kappa shape index (κ1) is 11.9. The molecule has 3 rings (SSSR count). The monoisotopic (exact) mass is 297 g/mol. The highest BCUT2D eigenvalue weighted by Gasteiger charge is 2.13. The van der Waals surface area contributed by atoms with E-state index in [1.165, 1.54) is 23.0 Å². The molecule has 0 atom stereocenters. The van der Waals surface area contributed by atoms with Gasteiger partial charge in [-0.2, -0.15) is 5.10 Å². The van der Waals surface area contributed by atoms with Crippen LogP contribution in [0.3, 0.4) is 0 Å². The quantitative estimate of drug-likeness (QED) is 0.538. The Kier molecular flexibility index (Phi) is 2.96. The summed E-state index contributed by atoms with van der Waals surface area (Å²) in [7, 11) is 1.84. The Morgan fingerprint density at radius 2 is 2.22 bits per heavy atom. The van der Waals surface area contributed by atoms with Gasteiger partial charge in [0, 0.05) is 17.3 Å². The number of fused-ring (bicyclic) bond motifs is 1. The molecule has 0 aromatic carbocycles. The van der Waals surface area contributed by atoms with Crippen LogP contribution in [0.2, 0.25) is 5.28 Å². The second-order valence-electron chi connectivity index (χ2n) is 3.64. The number of nitrogens with zero attached hydrogens (tertiary/aromatic N) is 5. The third-order valence-corrected chi connectivity index (χ3v) is 4.48. The second-order valence-corrected chi connectivity index (χ2v) is 6.17. The molecule has 18 heavy (non-hydrogen) atoms. The molecule has 0 amide bonds. The summed E-state index contributed by atoms with van der Waals surface area (Å²) < 4.78 is 1.70. The molecule has 3 heterocycles. The van der Waals surface area contributed by atoms with Crippen molar-refractivity contribution in [2.24, 2.45) is 7.05 Å². The molecule has 0 aliphatic heterocycles. The highest BCUT2D eigenvalue weighted by Crippen LogP contribution is 2.34. The number of rotatable bonds is 2. The summed E-state index contributed by atoms with van der Waals surface area (Å²) in [4.78, 5) is 14.8. The smallest absolute Gasteiger partial charge is 0.224 e. The van der Waals surface area contributed by atoms with E-state index in [1.54, 1.807) is 16.0 Å². The first-order chi connectivity index (χ1) is 8.63. The Bertz CT molecular complexity index is 720. The third kappa shape index (κ3) is 2.09. The molecular weight excluding hydrogens is 290 g/mol. The average molecular weight is 298 g/mol. The Labute approximate surface area is 116 Å². The maximum Gasteiger partial charge on any atom is 0.224 e. The summed E-state index contributed by atoms with van der Waals surface area (Å²) in [5.74, 6) is 0. The van der Waals surface area contributed by atoms with Crippen LogP contribution in [-0.4, -0.2) is 24.7 Å². The van der Waals surface area contributed by atoms with Crippen molar-refractivity contribution < 1.29 is 0 Å². The van der Waals surface area contributed by atoms with E-state index >= 15 is 0 Å². The van der Waals surface area contributed by atoms with Gasteiger partial charge in [-0.3, -0.25) is 0 Å². The lowest BCUT2D eigenvalue weighted by Crippen LogP contribution is -1.94. The lowest BCUT2D eigenvalue weighted by Gasteiger charge is -2.01. The normalized spacial score (nSPS) is 11.3. The van der Waals surface area contributed by atoms with Gasteiger partial charge in [0.05, 0.1) is 0 Å². The van der Waals surface area contributed by atoms with E-state index in [0.717, 1.165) is 20.4 Å². The van der Waals surface area contributed by atoms with Crippen molar-refractivity contribution in [1.29, 1.82) is 0 Å². The fraction of sp³-hybridized carbons (Fsp3) is 0.200. The van der Waals surface area contributed by atoms with Crippen LogP contribution in [0.15, 0.2) is 22.6 Å². The minimum absolute atomic E-state index is 0.258. The molecule has 0 aliphatic rings. The minimum atomic E-state index is 0.258. The fourth-order valence-electron chi connectivity index (χ4n) is 1.53. The van der Waals surface area contributed by atoms with E-state index in [2.05, 4.69) is 26.1 Å². The van der Waals surface area contributed by atoms with Gasteiger partial charge < -0.3 is 0 Å². The highest BCUT2D eigenvalue weighted by atomic mass is 35.5. The zero-order valence-electron chi connectivity index (χ0n) is 9.59. The molecule has 0 bridgehead atoms. The van der Waals surface area contributed by atoms with Crippen LogP contribution in [0.4, 0.5) is 0 Å². The van der Waals surface area contributed by atoms with Crippen LogP contribution in [0, 0.1) is 6.92 Å². The van der Waals surface area contributed by atoms with Crippen LogP contribution >= 0.6 is 34.7 Å². The van der Waals surface area contributed by atoms with Gasteiger partial charge in [0.1, 0.15) is 16.2 Å². The molecule has 0 fully saturated rings. The standard InChI is InChI=1S/C10H8ClN5S2/c1-5-3-6-7(17-5)14-9(11)15-8(6)18-10-12-4-13-16(10)2/h3-4H,1-2H3. The Balaban J connectivity index is 2.13. The molecular formula is C10H8ClN5S2. The van der Waals surface area contributed by atoms with Crippen LogP contribution in [0.5, 0.6) is 0 Å².